The second-order valence-electron chi connectivity index (χ2n) is 15.6. The summed E-state index contributed by atoms with van der Waals surface area (Å²) >= 11 is 0. The van der Waals surface area contributed by atoms with Crippen molar-refractivity contribution in [3.63, 3.8) is 0 Å². The van der Waals surface area contributed by atoms with Gasteiger partial charge in [-0.25, -0.2) is 18.2 Å². The molecule has 2 heterocycles. The highest BCUT2D eigenvalue weighted by Crippen LogP contribution is 2.46. The van der Waals surface area contributed by atoms with Gasteiger partial charge in [0.15, 0.2) is 11.5 Å². The molecule has 5 rings (SSSR count). The molecule has 284 valence electrons. The molecular formula is C36H49N5O10S. The topological polar surface area (TPSA) is 192 Å². The first-order chi connectivity index (χ1) is 24.2. The van der Waals surface area contributed by atoms with Crippen LogP contribution in [0, 0.1) is 11.3 Å². The number of alkyl carbamates (subject to hydrolysis) is 1. The lowest BCUT2D eigenvalue weighted by molar-refractivity contribution is -0.143. The first kappa shape index (κ1) is 38.6. The number of carbonyl (C=O) groups excluding carboxylic acids is 4. The van der Waals surface area contributed by atoms with Crippen molar-refractivity contribution in [3.05, 3.63) is 37.1 Å². The number of carbonyl (C=O) groups is 4. The minimum Gasteiger partial charge on any atom is -0.493 e. The Kier molecular flexibility index (Phi) is 10.5. The number of aromatic nitrogens is 1. The number of pyridine rings is 1. The number of nitrogens with zero attached hydrogens (tertiary/aromatic N) is 2. The zero-order valence-corrected chi connectivity index (χ0v) is 31.7. The van der Waals surface area contributed by atoms with Crippen molar-refractivity contribution in [1.29, 1.82) is 0 Å². The lowest BCUT2D eigenvalue weighted by Gasteiger charge is -2.36. The van der Waals surface area contributed by atoms with E-state index >= 15 is 0 Å². The molecule has 4 amide bonds. The average molecular weight is 744 g/mol. The monoisotopic (exact) mass is 743 g/mol. The number of benzene rings is 1. The molecule has 52 heavy (non-hydrogen) atoms. The Morgan fingerprint density at radius 2 is 1.73 bits per heavy atom. The van der Waals surface area contributed by atoms with E-state index in [0.29, 0.717) is 35.1 Å². The van der Waals surface area contributed by atoms with E-state index in [-0.39, 0.29) is 25.3 Å². The number of nitrogens with one attached hydrogen (secondary N) is 3. The van der Waals surface area contributed by atoms with Crippen LogP contribution in [0.2, 0.25) is 0 Å². The number of hydrogen-bond acceptors (Lipinski definition) is 11. The van der Waals surface area contributed by atoms with Gasteiger partial charge in [0.25, 0.3) is 5.91 Å². The standard InChI is InChI=1S/C36H49N5O10S/c1-10-20-18-36(20,32(44)40-52(46,47)22-11-12-22)39-29(42)25-17-21(50-30-24-13-14-26(48-8)27(49-9)23(24)15-16-37-30)19-41(25)31(43)28(34(2,3)4)38-33(45)51-35(5,6)7/h10,13-16,20-22,25,28H,1,11-12,17-19H2,2-9H3,(H,38,45)(H,39,42)(H,40,44)/t20-,21?,25+,28-,36-/m1/s1. The van der Waals surface area contributed by atoms with Crippen LogP contribution in [0.5, 0.6) is 17.4 Å². The Balaban J connectivity index is 1.47. The van der Waals surface area contributed by atoms with Crippen molar-refractivity contribution in [3.8, 4) is 17.4 Å². The van der Waals surface area contributed by atoms with Crippen LogP contribution in [-0.4, -0.2) is 97.5 Å². The van der Waals surface area contributed by atoms with Crippen molar-refractivity contribution in [1.82, 2.24) is 25.2 Å². The Morgan fingerprint density at radius 1 is 1.04 bits per heavy atom. The third kappa shape index (κ3) is 8.06. The predicted octanol–water partition coefficient (Wildman–Crippen LogP) is 3.21. The lowest BCUT2D eigenvalue weighted by Crippen LogP contribution is -2.60. The third-order valence-electron chi connectivity index (χ3n) is 9.40. The van der Waals surface area contributed by atoms with E-state index in [4.69, 9.17) is 18.9 Å². The summed E-state index contributed by atoms with van der Waals surface area (Å²) in [7, 11) is -0.864. The van der Waals surface area contributed by atoms with Gasteiger partial charge in [-0.1, -0.05) is 26.8 Å². The molecular weight excluding hydrogens is 694 g/mol. The van der Waals surface area contributed by atoms with E-state index in [1.807, 2.05) is 0 Å². The number of fused-ring (bicyclic) bond motifs is 1. The Labute approximate surface area is 304 Å². The van der Waals surface area contributed by atoms with Crippen molar-refractivity contribution in [2.24, 2.45) is 11.3 Å². The highest BCUT2D eigenvalue weighted by atomic mass is 32.2. The van der Waals surface area contributed by atoms with Crippen LogP contribution in [0.25, 0.3) is 10.8 Å². The second kappa shape index (κ2) is 14.1. The third-order valence-corrected chi connectivity index (χ3v) is 11.2. The van der Waals surface area contributed by atoms with E-state index in [0.717, 1.165) is 0 Å². The smallest absolute Gasteiger partial charge is 0.408 e. The molecule has 0 radical (unpaired) electrons. The van der Waals surface area contributed by atoms with Gasteiger partial charge in [-0.2, -0.15) is 0 Å². The number of likely N-dealkylation sites (tertiary alicyclic amines) is 1. The zero-order valence-electron chi connectivity index (χ0n) is 30.9. The number of amides is 4. The summed E-state index contributed by atoms with van der Waals surface area (Å²) in [5, 5.41) is 6.08. The molecule has 0 bridgehead atoms. The van der Waals surface area contributed by atoms with Crippen LogP contribution in [0.15, 0.2) is 37.1 Å². The first-order valence-corrected chi connectivity index (χ1v) is 18.8. The molecule has 0 spiro atoms. The maximum atomic E-state index is 14.5. The summed E-state index contributed by atoms with van der Waals surface area (Å²) in [6, 6.07) is 2.92. The summed E-state index contributed by atoms with van der Waals surface area (Å²) in [6.07, 6.45) is 2.48. The predicted molar refractivity (Wildman–Crippen MR) is 191 cm³/mol. The van der Waals surface area contributed by atoms with E-state index in [1.54, 1.807) is 65.9 Å². The molecule has 16 heteroatoms. The largest absolute Gasteiger partial charge is 0.493 e. The van der Waals surface area contributed by atoms with Gasteiger partial charge >= 0.3 is 6.09 Å². The first-order valence-electron chi connectivity index (χ1n) is 17.2. The molecule has 1 aliphatic heterocycles. The molecule has 3 aliphatic rings. The minimum absolute atomic E-state index is 0.0109. The van der Waals surface area contributed by atoms with Crippen molar-refractivity contribution < 1.29 is 46.5 Å². The number of rotatable bonds is 12. The van der Waals surface area contributed by atoms with Crippen LogP contribution < -0.4 is 29.6 Å². The van der Waals surface area contributed by atoms with Gasteiger partial charge in [-0.3, -0.25) is 19.1 Å². The number of methoxy groups -OCH3 is 2. The van der Waals surface area contributed by atoms with Gasteiger partial charge < -0.3 is 34.5 Å². The molecule has 1 saturated heterocycles. The fourth-order valence-corrected chi connectivity index (χ4v) is 7.80. The van der Waals surface area contributed by atoms with Gasteiger partial charge in [0.2, 0.25) is 27.7 Å². The molecule has 2 aliphatic carbocycles. The molecule has 1 aromatic heterocycles. The molecule has 2 saturated carbocycles. The van der Waals surface area contributed by atoms with Crippen LogP contribution in [0.3, 0.4) is 0 Å². The summed E-state index contributed by atoms with van der Waals surface area (Å²) in [6.45, 7) is 14.1. The number of ether oxygens (including phenoxy) is 4. The molecule has 3 fully saturated rings. The van der Waals surface area contributed by atoms with E-state index < -0.39 is 79.7 Å². The van der Waals surface area contributed by atoms with Gasteiger partial charge in [-0.15, -0.1) is 6.58 Å². The molecule has 5 atom stereocenters. The van der Waals surface area contributed by atoms with Crippen LogP contribution in [0.4, 0.5) is 4.79 Å². The van der Waals surface area contributed by atoms with E-state index in [2.05, 4.69) is 26.9 Å². The van der Waals surface area contributed by atoms with Crippen molar-refractivity contribution >= 4 is 44.6 Å². The van der Waals surface area contributed by atoms with Gasteiger partial charge in [0.1, 0.15) is 29.3 Å². The van der Waals surface area contributed by atoms with Crippen LogP contribution in [0.1, 0.15) is 67.2 Å². The highest BCUT2D eigenvalue weighted by Gasteiger charge is 2.62. The van der Waals surface area contributed by atoms with Gasteiger partial charge in [-0.05, 0) is 63.6 Å². The second-order valence-corrected chi connectivity index (χ2v) is 17.6. The molecule has 15 nitrogen and oxygen atoms in total. The average Bonchev–Trinajstić information content (AvgIpc) is 3.98. The molecule has 1 aromatic carbocycles. The van der Waals surface area contributed by atoms with E-state index in [1.165, 1.54) is 25.2 Å². The fourth-order valence-electron chi connectivity index (χ4n) is 6.44. The summed E-state index contributed by atoms with van der Waals surface area (Å²) in [4.78, 5) is 60.9. The normalized spacial score (nSPS) is 23.6. The van der Waals surface area contributed by atoms with Crippen LogP contribution >= 0.6 is 0 Å². The zero-order chi connectivity index (χ0) is 38.4. The van der Waals surface area contributed by atoms with E-state index in [9.17, 15) is 27.6 Å². The SMILES string of the molecule is C=C[C@@H]1C[C@]1(NC(=O)[C@@H]1CC(Oc2nccc3c(OC)c(OC)ccc23)CN1C(=O)[C@@H](NC(=O)OC(C)(C)C)C(C)(C)C)C(=O)NS(=O)(=O)C1CC1. The van der Waals surface area contributed by atoms with Crippen molar-refractivity contribution in [2.45, 2.75) is 102 Å². The Hall–Kier alpha value is -4.60. The van der Waals surface area contributed by atoms with Crippen LogP contribution in [-0.2, 0) is 29.1 Å². The molecule has 3 N–H and O–H groups in total. The lowest BCUT2D eigenvalue weighted by atomic mass is 9.85. The number of sulfonamides is 1. The maximum absolute atomic E-state index is 14.5. The Morgan fingerprint density at radius 3 is 2.29 bits per heavy atom. The number of hydrogen-bond donors (Lipinski definition) is 3. The minimum atomic E-state index is -3.91. The quantitative estimate of drug-likeness (QED) is 0.271. The van der Waals surface area contributed by atoms with Gasteiger partial charge in [0, 0.05) is 29.3 Å². The fraction of sp³-hybridized carbons (Fsp3) is 0.583. The Bertz CT molecular complexity index is 1870. The molecule has 1 unspecified atom stereocenters. The van der Waals surface area contributed by atoms with Gasteiger partial charge in [0.05, 0.1) is 26.0 Å². The summed E-state index contributed by atoms with van der Waals surface area (Å²) < 4.78 is 50.4. The summed E-state index contributed by atoms with van der Waals surface area (Å²) in [5.41, 5.74) is -3.24. The van der Waals surface area contributed by atoms with Crippen molar-refractivity contribution in [2.75, 3.05) is 20.8 Å². The molecule has 2 aromatic rings. The maximum Gasteiger partial charge on any atom is 0.408 e. The highest BCUT2D eigenvalue weighted by molar-refractivity contribution is 7.91. The summed E-state index contributed by atoms with van der Waals surface area (Å²) in [5.74, 6) is -1.45.